The van der Waals surface area contributed by atoms with Crippen molar-refractivity contribution in [1.82, 2.24) is 9.47 Å². The molecule has 4 rings (SSSR count). The maximum absolute atomic E-state index is 13.1. The molecular formula is C23H23N3O2. The zero-order valence-corrected chi connectivity index (χ0v) is 15.9. The summed E-state index contributed by atoms with van der Waals surface area (Å²) < 4.78 is 1.99. The normalized spacial score (nSPS) is 16.4. The van der Waals surface area contributed by atoms with Crippen LogP contribution >= 0.6 is 0 Å². The summed E-state index contributed by atoms with van der Waals surface area (Å²) in [6.45, 7) is 1.05. The molecule has 1 fully saturated rings. The van der Waals surface area contributed by atoms with Crippen LogP contribution < -0.4 is 4.90 Å². The van der Waals surface area contributed by atoms with Crippen molar-refractivity contribution >= 4 is 17.5 Å². The minimum absolute atomic E-state index is 0.116. The lowest BCUT2D eigenvalue weighted by atomic mass is 10.1. The molecule has 5 nitrogen and oxygen atoms in total. The minimum atomic E-state index is -0.619. The highest BCUT2D eigenvalue weighted by molar-refractivity contribution is 6.10. The summed E-state index contributed by atoms with van der Waals surface area (Å²) in [6.07, 6.45) is 4.45. The Balaban J connectivity index is 1.52. The highest BCUT2D eigenvalue weighted by Gasteiger charge is 2.39. The van der Waals surface area contributed by atoms with Crippen LogP contribution in [0.2, 0.25) is 0 Å². The van der Waals surface area contributed by atoms with Crippen molar-refractivity contribution in [3.63, 3.8) is 0 Å². The molecule has 28 heavy (non-hydrogen) atoms. The summed E-state index contributed by atoms with van der Waals surface area (Å²) in [6, 6.07) is 21.5. The molecular weight excluding hydrogens is 350 g/mol. The van der Waals surface area contributed by atoms with Gasteiger partial charge in [-0.3, -0.25) is 9.59 Å². The predicted octanol–water partition coefficient (Wildman–Crippen LogP) is 3.49. The topological polar surface area (TPSA) is 45.6 Å². The fourth-order valence-electron chi connectivity index (χ4n) is 3.76. The van der Waals surface area contributed by atoms with Crippen LogP contribution in [0.3, 0.4) is 0 Å². The third-order valence-electron chi connectivity index (χ3n) is 5.20. The number of carbonyl (C=O) groups excluding carboxylic acids is 2. The van der Waals surface area contributed by atoms with E-state index in [1.165, 1.54) is 0 Å². The number of nitrogens with zero attached hydrogens (tertiary/aromatic N) is 3. The molecule has 1 saturated heterocycles. The second-order valence-electron chi connectivity index (χ2n) is 7.09. The molecule has 1 aromatic heterocycles. The van der Waals surface area contributed by atoms with Gasteiger partial charge in [0.25, 0.3) is 0 Å². The van der Waals surface area contributed by atoms with Gasteiger partial charge in [0, 0.05) is 32.5 Å². The number of rotatable bonds is 5. The van der Waals surface area contributed by atoms with Gasteiger partial charge in [-0.1, -0.05) is 42.5 Å². The zero-order chi connectivity index (χ0) is 19.5. The van der Waals surface area contributed by atoms with Gasteiger partial charge in [-0.25, -0.2) is 0 Å². The van der Waals surface area contributed by atoms with Crippen molar-refractivity contribution in [3.05, 3.63) is 84.7 Å². The van der Waals surface area contributed by atoms with Gasteiger partial charge in [-0.2, -0.15) is 0 Å². The van der Waals surface area contributed by atoms with Gasteiger partial charge < -0.3 is 14.4 Å². The predicted molar refractivity (Wildman–Crippen MR) is 109 cm³/mol. The Kier molecular flexibility index (Phi) is 4.98. The van der Waals surface area contributed by atoms with E-state index in [9.17, 15) is 9.59 Å². The van der Waals surface area contributed by atoms with Crippen molar-refractivity contribution < 1.29 is 9.59 Å². The Morgan fingerprint density at radius 3 is 2.32 bits per heavy atom. The first-order chi connectivity index (χ1) is 13.6. The van der Waals surface area contributed by atoms with Crippen LogP contribution in [0.15, 0.2) is 79.1 Å². The van der Waals surface area contributed by atoms with Gasteiger partial charge in [-0.15, -0.1) is 0 Å². The molecule has 0 bridgehead atoms. The lowest BCUT2D eigenvalue weighted by Gasteiger charge is -2.23. The summed E-state index contributed by atoms with van der Waals surface area (Å²) in [5.41, 5.74) is 2.83. The summed E-state index contributed by atoms with van der Waals surface area (Å²) in [5.74, 6) is -0.856. The van der Waals surface area contributed by atoms with Gasteiger partial charge in [0.1, 0.15) is 5.92 Å². The second kappa shape index (κ2) is 7.72. The maximum atomic E-state index is 13.1. The number of hydrogen-bond donors (Lipinski definition) is 0. The molecule has 2 aromatic carbocycles. The Bertz CT molecular complexity index is 967. The van der Waals surface area contributed by atoms with Crippen LogP contribution in [0.5, 0.6) is 0 Å². The van der Waals surface area contributed by atoms with Gasteiger partial charge in [0.2, 0.25) is 11.8 Å². The first-order valence-electron chi connectivity index (χ1n) is 9.48. The molecule has 0 saturated carbocycles. The Morgan fingerprint density at radius 2 is 1.61 bits per heavy atom. The molecule has 142 valence electrons. The van der Waals surface area contributed by atoms with Gasteiger partial charge in [0.15, 0.2) is 0 Å². The Hall–Kier alpha value is -3.34. The standard InChI is InChI=1S/C23H23N3O2/c1-24(17-18-9-3-2-4-10-18)22(27)19-13-16-26(23(19)28)21-12-6-5-11-20(21)25-14-7-8-15-25/h2-12,14-15,19H,13,16-17H2,1H3. The minimum Gasteiger partial charge on any atom is -0.341 e. The maximum Gasteiger partial charge on any atom is 0.239 e. The average Bonchev–Trinajstić information content (AvgIpc) is 3.38. The molecule has 1 unspecified atom stereocenters. The summed E-state index contributed by atoms with van der Waals surface area (Å²) in [7, 11) is 1.76. The smallest absolute Gasteiger partial charge is 0.239 e. The third-order valence-corrected chi connectivity index (χ3v) is 5.20. The molecule has 5 heteroatoms. The van der Waals surface area contributed by atoms with Crippen molar-refractivity contribution in [2.24, 2.45) is 5.92 Å². The fraction of sp³-hybridized carbons (Fsp3) is 0.217. The van der Waals surface area contributed by atoms with E-state index in [0.717, 1.165) is 16.9 Å². The SMILES string of the molecule is CN(Cc1ccccc1)C(=O)C1CCN(c2ccccc2-n2cccc2)C1=O. The summed E-state index contributed by atoms with van der Waals surface area (Å²) >= 11 is 0. The van der Waals surface area contributed by atoms with E-state index >= 15 is 0 Å². The molecule has 1 aliphatic heterocycles. The van der Waals surface area contributed by atoms with Crippen LogP contribution in [-0.4, -0.2) is 34.9 Å². The van der Waals surface area contributed by atoms with Crippen molar-refractivity contribution in [1.29, 1.82) is 0 Å². The lowest BCUT2D eigenvalue weighted by molar-refractivity contribution is -0.139. The van der Waals surface area contributed by atoms with Gasteiger partial charge in [-0.05, 0) is 36.2 Å². The zero-order valence-electron chi connectivity index (χ0n) is 15.9. The van der Waals surface area contributed by atoms with Crippen LogP contribution in [0.1, 0.15) is 12.0 Å². The molecule has 1 atom stereocenters. The number of hydrogen-bond acceptors (Lipinski definition) is 2. The van der Waals surface area contributed by atoms with Crippen molar-refractivity contribution in [3.8, 4) is 5.69 Å². The van der Waals surface area contributed by atoms with E-state index in [0.29, 0.717) is 19.5 Å². The fourth-order valence-corrected chi connectivity index (χ4v) is 3.76. The molecule has 3 aromatic rings. The third kappa shape index (κ3) is 3.43. The van der Waals surface area contributed by atoms with E-state index in [1.54, 1.807) is 16.8 Å². The Labute approximate surface area is 164 Å². The molecule has 0 aliphatic carbocycles. The quantitative estimate of drug-likeness (QED) is 0.643. The van der Waals surface area contributed by atoms with Crippen LogP contribution in [-0.2, 0) is 16.1 Å². The monoisotopic (exact) mass is 373 g/mol. The highest BCUT2D eigenvalue weighted by atomic mass is 16.2. The second-order valence-corrected chi connectivity index (χ2v) is 7.09. The molecule has 0 radical (unpaired) electrons. The summed E-state index contributed by atoms with van der Waals surface area (Å²) in [5, 5.41) is 0. The average molecular weight is 373 g/mol. The van der Waals surface area contributed by atoms with Crippen molar-refractivity contribution in [2.45, 2.75) is 13.0 Å². The first-order valence-corrected chi connectivity index (χ1v) is 9.48. The molecule has 0 spiro atoms. The molecule has 1 aliphatic rings. The van der Waals surface area contributed by atoms with E-state index in [1.807, 2.05) is 83.7 Å². The van der Waals surface area contributed by atoms with Gasteiger partial charge >= 0.3 is 0 Å². The van der Waals surface area contributed by atoms with E-state index in [2.05, 4.69) is 0 Å². The van der Waals surface area contributed by atoms with E-state index in [-0.39, 0.29) is 11.8 Å². The number of para-hydroxylation sites is 2. The molecule has 0 N–H and O–H groups in total. The van der Waals surface area contributed by atoms with Gasteiger partial charge in [0.05, 0.1) is 11.4 Å². The number of aromatic nitrogens is 1. The van der Waals surface area contributed by atoms with Crippen LogP contribution in [0.4, 0.5) is 5.69 Å². The lowest BCUT2D eigenvalue weighted by Crippen LogP contribution is -2.38. The number of amides is 2. The molecule has 2 heterocycles. The summed E-state index contributed by atoms with van der Waals surface area (Å²) in [4.78, 5) is 29.4. The van der Waals surface area contributed by atoms with Crippen molar-refractivity contribution in [2.75, 3.05) is 18.5 Å². The van der Waals surface area contributed by atoms with E-state index < -0.39 is 5.92 Å². The van der Waals surface area contributed by atoms with Crippen LogP contribution in [0.25, 0.3) is 5.69 Å². The van der Waals surface area contributed by atoms with E-state index in [4.69, 9.17) is 0 Å². The first kappa shape index (κ1) is 18.0. The number of benzene rings is 2. The number of anilines is 1. The Morgan fingerprint density at radius 1 is 0.964 bits per heavy atom. The van der Waals surface area contributed by atoms with Crippen LogP contribution in [0, 0.1) is 5.92 Å². The highest BCUT2D eigenvalue weighted by Crippen LogP contribution is 2.31. The largest absolute Gasteiger partial charge is 0.341 e. The molecule has 2 amide bonds. The number of carbonyl (C=O) groups is 2.